The second-order valence-electron chi connectivity index (χ2n) is 8.10. The summed E-state index contributed by atoms with van der Waals surface area (Å²) in [7, 11) is -1.38. The third-order valence-electron chi connectivity index (χ3n) is 5.33. The number of ether oxygens (including phenoxy) is 1. The average Bonchev–Trinajstić information content (AvgIpc) is 2.71. The van der Waals surface area contributed by atoms with Crippen LogP contribution in [-0.2, 0) is 22.7 Å². The van der Waals surface area contributed by atoms with Crippen molar-refractivity contribution >= 4 is 21.6 Å². The predicted octanol–water partition coefficient (Wildman–Crippen LogP) is 3.93. The molecule has 0 spiro atoms. The number of hydrogen-bond donors (Lipinski definition) is 2. The van der Waals surface area contributed by atoms with Gasteiger partial charge < -0.3 is 15.8 Å². The number of methoxy groups -OCH3 is 1. The van der Waals surface area contributed by atoms with Crippen LogP contribution < -0.4 is 15.8 Å². The lowest BCUT2D eigenvalue weighted by Crippen LogP contribution is -2.25. The van der Waals surface area contributed by atoms with E-state index in [0.717, 1.165) is 47.4 Å². The molecule has 2 rings (SSSR count). The molecular formula is C23H36N4O3S. The topological polar surface area (TPSA) is 107 Å². The lowest BCUT2D eigenvalue weighted by atomic mass is 9.99. The zero-order valence-corrected chi connectivity index (χ0v) is 20.2. The predicted molar refractivity (Wildman–Crippen MR) is 128 cm³/mol. The second-order valence-corrected chi connectivity index (χ2v) is 10.4. The second kappa shape index (κ2) is 11.3. The van der Waals surface area contributed by atoms with Gasteiger partial charge in [0.2, 0.25) is 5.95 Å². The summed E-state index contributed by atoms with van der Waals surface area (Å²) in [5, 5.41) is 3.51. The first-order chi connectivity index (χ1) is 14.7. The zero-order valence-electron chi connectivity index (χ0n) is 19.4. The number of nitrogens with one attached hydrogen (secondary N) is 1. The van der Waals surface area contributed by atoms with Gasteiger partial charge in [-0.3, -0.25) is 0 Å². The van der Waals surface area contributed by atoms with Crippen LogP contribution in [0.4, 0.5) is 11.8 Å². The third kappa shape index (κ3) is 7.69. The first kappa shape index (κ1) is 24.9. The molecule has 0 bridgehead atoms. The maximum Gasteiger partial charge on any atom is 0.222 e. The van der Waals surface area contributed by atoms with Crippen LogP contribution in [0, 0.1) is 6.92 Å². The number of sulfone groups is 1. The Hall–Kier alpha value is -2.35. The molecule has 172 valence electrons. The fourth-order valence-electron chi connectivity index (χ4n) is 3.67. The summed E-state index contributed by atoms with van der Waals surface area (Å²) in [6, 6.07) is 6.09. The van der Waals surface area contributed by atoms with Crippen LogP contribution in [0.15, 0.2) is 18.2 Å². The maximum atomic E-state index is 11.7. The molecule has 0 saturated heterocycles. The van der Waals surface area contributed by atoms with Gasteiger partial charge in [-0.25, -0.2) is 13.4 Å². The van der Waals surface area contributed by atoms with E-state index in [-0.39, 0.29) is 17.7 Å². The quantitative estimate of drug-likeness (QED) is 0.506. The van der Waals surface area contributed by atoms with Crippen molar-refractivity contribution in [2.24, 2.45) is 0 Å². The first-order valence-electron chi connectivity index (χ1n) is 10.9. The van der Waals surface area contributed by atoms with Gasteiger partial charge in [0, 0.05) is 24.3 Å². The molecule has 3 N–H and O–H groups in total. The minimum Gasteiger partial charge on any atom is -0.496 e. The highest BCUT2D eigenvalue weighted by Crippen LogP contribution is 2.29. The molecule has 1 heterocycles. The summed E-state index contributed by atoms with van der Waals surface area (Å²) in [4.78, 5) is 8.98. The standard InChI is InChI=1S/C23H36N4O3S/c1-6-8-9-18(12-13-31(5,28)29)25-22-19(20(7-2)26-23(24)27-22)15-17-14-16(3)10-11-21(17)30-4/h10-11,14,18H,6-9,12-13,15H2,1-5H3,(H3,24,25,26,27)/t18-/m0/s1. The fourth-order valence-corrected chi connectivity index (χ4v) is 4.38. The Labute approximate surface area is 186 Å². The van der Waals surface area contributed by atoms with Crippen molar-refractivity contribution < 1.29 is 13.2 Å². The van der Waals surface area contributed by atoms with Crippen LogP contribution in [0.1, 0.15) is 61.9 Å². The lowest BCUT2D eigenvalue weighted by molar-refractivity contribution is 0.410. The summed E-state index contributed by atoms with van der Waals surface area (Å²) in [5.74, 6) is 1.85. The van der Waals surface area contributed by atoms with Crippen molar-refractivity contribution in [2.75, 3.05) is 30.2 Å². The SMILES string of the molecule is CCCC[C@@H](CCS(C)(=O)=O)Nc1nc(N)nc(CC)c1Cc1cc(C)ccc1OC. The number of unbranched alkanes of at least 4 members (excludes halogenated alkanes) is 1. The van der Waals surface area contributed by atoms with Gasteiger partial charge in [0.25, 0.3) is 0 Å². The number of nitrogen functional groups attached to an aromatic ring is 1. The van der Waals surface area contributed by atoms with Gasteiger partial charge in [0.1, 0.15) is 21.4 Å². The Kier molecular flexibility index (Phi) is 9.10. The minimum atomic E-state index is -3.04. The van der Waals surface area contributed by atoms with E-state index < -0.39 is 9.84 Å². The van der Waals surface area contributed by atoms with Crippen molar-refractivity contribution in [3.8, 4) is 5.75 Å². The van der Waals surface area contributed by atoms with Gasteiger partial charge >= 0.3 is 0 Å². The number of rotatable bonds is 12. The Morgan fingerprint density at radius 2 is 1.94 bits per heavy atom. The van der Waals surface area contributed by atoms with Crippen molar-refractivity contribution in [3.05, 3.63) is 40.6 Å². The van der Waals surface area contributed by atoms with Crippen molar-refractivity contribution in [3.63, 3.8) is 0 Å². The summed E-state index contributed by atoms with van der Waals surface area (Å²) in [5.41, 5.74) is 10.1. The van der Waals surface area contributed by atoms with E-state index in [2.05, 4.69) is 28.3 Å². The van der Waals surface area contributed by atoms with Crippen LogP contribution in [-0.4, -0.2) is 43.5 Å². The number of aromatic nitrogens is 2. The van der Waals surface area contributed by atoms with Gasteiger partial charge in [0.05, 0.1) is 18.6 Å². The summed E-state index contributed by atoms with van der Waals surface area (Å²) < 4.78 is 29.0. The largest absolute Gasteiger partial charge is 0.496 e. The molecule has 0 aliphatic heterocycles. The number of anilines is 2. The summed E-state index contributed by atoms with van der Waals surface area (Å²) in [6.45, 7) is 6.22. The van der Waals surface area contributed by atoms with Crippen molar-refractivity contribution in [2.45, 2.75) is 65.3 Å². The smallest absolute Gasteiger partial charge is 0.222 e. The minimum absolute atomic E-state index is 0.00756. The molecule has 0 unspecified atom stereocenters. The molecule has 0 fully saturated rings. The molecule has 0 saturated carbocycles. The van der Waals surface area contributed by atoms with E-state index in [9.17, 15) is 8.42 Å². The highest BCUT2D eigenvalue weighted by Gasteiger charge is 2.19. The number of hydrogen-bond acceptors (Lipinski definition) is 7. The summed E-state index contributed by atoms with van der Waals surface area (Å²) in [6.07, 6.45) is 6.02. The lowest BCUT2D eigenvalue weighted by Gasteiger charge is -2.22. The average molecular weight is 449 g/mol. The highest BCUT2D eigenvalue weighted by atomic mass is 32.2. The molecule has 0 amide bonds. The van der Waals surface area contributed by atoms with Gasteiger partial charge in [0.15, 0.2) is 0 Å². The van der Waals surface area contributed by atoms with Gasteiger partial charge in [-0.1, -0.05) is 44.4 Å². The van der Waals surface area contributed by atoms with Gasteiger partial charge in [-0.15, -0.1) is 0 Å². The Bertz CT molecular complexity index is 977. The maximum absolute atomic E-state index is 11.7. The van der Waals surface area contributed by atoms with E-state index in [1.54, 1.807) is 7.11 Å². The van der Waals surface area contributed by atoms with Crippen LogP contribution in [0.25, 0.3) is 0 Å². The van der Waals surface area contributed by atoms with Crippen molar-refractivity contribution in [1.82, 2.24) is 9.97 Å². The zero-order chi connectivity index (χ0) is 23.0. The van der Waals surface area contributed by atoms with Crippen LogP contribution in [0.5, 0.6) is 5.75 Å². The molecule has 0 aliphatic rings. The van der Waals surface area contributed by atoms with E-state index in [4.69, 9.17) is 10.5 Å². The van der Waals surface area contributed by atoms with Crippen molar-refractivity contribution in [1.29, 1.82) is 0 Å². The van der Waals surface area contributed by atoms with Gasteiger partial charge in [-0.2, -0.15) is 4.98 Å². The van der Waals surface area contributed by atoms with Crippen LogP contribution in [0.2, 0.25) is 0 Å². The molecule has 0 radical (unpaired) electrons. The molecule has 8 heteroatoms. The summed E-state index contributed by atoms with van der Waals surface area (Å²) >= 11 is 0. The number of aryl methyl sites for hydroxylation is 2. The van der Waals surface area contributed by atoms with E-state index in [1.165, 1.54) is 6.26 Å². The first-order valence-corrected chi connectivity index (χ1v) is 13.0. The number of benzene rings is 1. The molecular weight excluding hydrogens is 412 g/mol. The molecule has 31 heavy (non-hydrogen) atoms. The molecule has 1 aromatic carbocycles. The molecule has 0 aliphatic carbocycles. The van der Waals surface area contributed by atoms with E-state index in [0.29, 0.717) is 25.1 Å². The normalized spacial score (nSPS) is 12.5. The molecule has 1 aromatic heterocycles. The number of nitrogens with zero attached hydrogens (tertiary/aromatic N) is 2. The van der Waals surface area contributed by atoms with E-state index >= 15 is 0 Å². The third-order valence-corrected chi connectivity index (χ3v) is 6.31. The van der Waals surface area contributed by atoms with E-state index in [1.807, 2.05) is 26.0 Å². The molecule has 7 nitrogen and oxygen atoms in total. The molecule has 2 aromatic rings. The van der Waals surface area contributed by atoms with Crippen LogP contribution in [0.3, 0.4) is 0 Å². The van der Waals surface area contributed by atoms with Gasteiger partial charge in [-0.05, 0) is 37.8 Å². The highest BCUT2D eigenvalue weighted by molar-refractivity contribution is 7.90. The Balaban J connectivity index is 2.43. The monoisotopic (exact) mass is 448 g/mol. The Morgan fingerprint density at radius 3 is 2.55 bits per heavy atom. The number of nitrogens with two attached hydrogens (primary N) is 1. The molecule has 1 atom stereocenters. The fraction of sp³-hybridized carbons (Fsp3) is 0.565. The van der Waals surface area contributed by atoms with Crippen LogP contribution >= 0.6 is 0 Å². The Morgan fingerprint density at radius 1 is 1.19 bits per heavy atom.